The van der Waals surface area contributed by atoms with E-state index in [0.717, 1.165) is 13.1 Å². The van der Waals surface area contributed by atoms with E-state index in [1.54, 1.807) is 6.07 Å². The molecule has 0 radical (unpaired) electrons. The van der Waals surface area contributed by atoms with Crippen LogP contribution in [-0.2, 0) is 0 Å². The molecular formula is C12H17N3O2. The quantitative estimate of drug-likeness (QED) is 0.754. The van der Waals surface area contributed by atoms with Gasteiger partial charge in [0.15, 0.2) is 0 Å². The maximum absolute atomic E-state index is 12.2. The summed E-state index contributed by atoms with van der Waals surface area (Å²) in [6, 6.07) is 3.18. The molecule has 92 valence electrons. The first-order valence-corrected chi connectivity index (χ1v) is 5.76. The number of hydrogen-bond acceptors (Lipinski definition) is 3. The Morgan fingerprint density at radius 2 is 2.24 bits per heavy atom. The second-order valence-electron chi connectivity index (χ2n) is 4.55. The fraction of sp³-hybridized carbons (Fsp3) is 0.500. The number of carbonyl (C=O) groups is 1. The van der Waals surface area contributed by atoms with Gasteiger partial charge in [0, 0.05) is 43.5 Å². The van der Waals surface area contributed by atoms with Crippen molar-refractivity contribution in [2.24, 2.45) is 0 Å². The van der Waals surface area contributed by atoms with Gasteiger partial charge in [0.2, 0.25) is 5.56 Å². The lowest BCUT2D eigenvalue weighted by atomic mass is 10.1. The van der Waals surface area contributed by atoms with Gasteiger partial charge >= 0.3 is 0 Å². The average Bonchev–Trinajstić information content (AvgIpc) is 2.28. The standard InChI is InChI=1S/C12H17N3O2/c1-9-8-14(2)5-6-15(9)12(17)10-3-4-13-11(16)7-10/h3-4,7,9H,5-6,8H2,1-2H3,(H,13,16). The van der Waals surface area contributed by atoms with Gasteiger partial charge in [-0.3, -0.25) is 9.59 Å². The van der Waals surface area contributed by atoms with Crippen LogP contribution >= 0.6 is 0 Å². The van der Waals surface area contributed by atoms with Crippen molar-refractivity contribution in [2.75, 3.05) is 26.7 Å². The summed E-state index contributed by atoms with van der Waals surface area (Å²) >= 11 is 0. The molecule has 1 N–H and O–H groups in total. The lowest BCUT2D eigenvalue weighted by Crippen LogP contribution is -2.52. The summed E-state index contributed by atoms with van der Waals surface area (Å²) in [7, 11) is 2.05. The summed E-state index contributed by atoms with van der Waals surface area (Å²) in [4.78, 5) is 29.9. The molecule has 5 heteroatoms. The maximum Gasteiger partial charge on any atom is 0.254 e. The van der Waals surface area contributed by atoms with Crippen LogP contribution in [0, 0.1) is 0 Å². The number of carbonyl (C=O) groups excluding carboxylic acids is 1. The number of likely N-dealkylation sites (N-methyl/N-ethyl adjacent to an activating group) is 1. The predicted molar refractivity (Wildman–Crippen MR) is 65.1 cm³/mol. The zero-order valence-electron chi connectivity index (χ0n) is 10.1. The molecule has 2 rings (SSSR count). The van der Waals surface area contributed by atoms with E-state index in [4.69, 9.17) is 0 Å². The minimum atomic E-state index is -0.238. The van der Waals surface area contributed by atoms with E-state index in [1.165, 1.54) is 12.3 Å². The number of H-pyrrole nitrogens is 1. The smallest absolute Gasteiger partial charge is 0.254 e. The number of piperazine rings is 1. The summed E-state index contributed by atoms with van der Waals surface area (Å²) in [6.45, 7) is 4.48. The first kappa shape index (κ1) is 11.9. The van der Waals surface area contributed by atoms with Crippen LogP contribution in [-0.4, -0.2) is 53.4 Å². The Balaban J connectivity index is 2.18. The molecule has 0 aromatic carbocycles. The molecule has 1 unspecified atom stereocenters. The van der Waals surface area contributed by atoms with Crippen molar-refractivity contribution < 1.29 is 4.79 Å². The molecule has 1 aliphatic rings. The van der Waals surface area contributed by atoms with Gasteiger partial charge < -0.3 is 14.8 Å². The van der Waals surface area contributed by atoms with Crippen molar-refractivity contribution in [2.45, 2.75) is 13.0 Å². The van der Waals surface area contributed by atoms with Gasteiger partial charge in [0.25, 0.3) is 5.91 Å². The number of aromatic amines is 1. The summed E-state index contributed by atoms with van der Waals surface area (Å²) in [6.07, 6.45) is 1.51. The highest BCUT2D eigenvalue weighted by atomic mass is 16.2. The Hall–Kier alpha value is -1.62. The summed E-state index contributed by atoms with van der Waals surface area (Å²) in [5, 5.41) is 0. The van der Waals surface area contributed by atoms with Crippen LogP contribution in [0.4, 0.5) is 0 Å². The second-order valence-corrected chi connectivity index (χ2v) is 4.55. The number of amides is 1. The number of rotatable bonds is 1. The van der Waals surface area contributed by atoms with Crippen molar-refractivity contribution in [3.8, 4) is 0 Å². The Morgan fingerprint density at radius 1 is 1.47 bits per heavy atom. The van der Waals surface area contributed by atoms with Gasteiger partial charge in [-0.25, -0.2) is 0 Å². The highest BCUT2D eigenvalue weighted by molar-refractivity contribution is 5.94. The van der Waals surface area contributed by atoms with E-state index in [9.17, 15) is 9.59 Å². The minimum absolute atomic E-state index is 0.0586. The third-order valence-electron chi connectivity index (χ3n) is 3.11. The zero-order valence-corrected chi connectivity index (χ0v) is 10.1. The fourth-order valence-corrected chi connectivity index (χ4v) is 2.18. The summed E-state index contributed by atoms with van der Waals surface area (Å²) in [5.74, 6) is -0.0586. The molecule has 0 spiro atoms. The van der Waals surface area contributed by atoms with Crippen molar-refractivity contribution in [1.29, 1.82) is 0 Å². The van der Waals surface area contributed by atoms with Crippen LogP contribution in [0.25, 0.3) is 0 Å². The number of nitrogens with one attached hydrogen (secondary N) is 1. The van der Waals surface area contributed by atoms with Gasteiger partial charge in [-0.1, -0.05) is 0 Å². The topological polar surface area (TPSA) is 56.4 Å². The molecule has 1 aliphatic heterocycles. The van der Waals surface area contributed by atoms with Crippen LogP contribution in [0.2, 0.25) is 0 Å². The third-order valence-corrected chi connectivity index (χ3v) is 3.11. The summed E-state index contributed by atoms with van der Waals surface area (Å²) < 4.78 is 0. The molecule has 0 aliphatic carbocycles. The molecular weight excluding hydrogens is 218 g/mol. The van der Waals surface area contributed by atoms with E-state index in [0.29, 0.717) is 12.1 Å². The molecule has 0 saturated carbocycles. The van der Waals surface area contributed by atoms with E-state index in [2.05, 4.69) is 9.88 Å². The van der Waals surface area contributed by atoms with E-state index in [1.807, 2.05) is 18.9 Å². The molecule has 17 heavy (non-hydrogen) atoms. The Morgan fingerprint density at radius 3 is 2.88 bits per heavy atom. The number of aromatic nitrogens is 1. The largest absolute Gasteiger partial charge is 0.333 e. The van der Waals surface area contributed by atoms with Crippen molar-refractivity contribution in [3.05, 3.63) is 34.2 Å². The SMILES string of the molecule is CC1CN(C)CCN1C(=O)c1cc[nH]c(=O)c1. The third kappa shape index (κ3) is 2.55. The molecule has 5 nitrogen and oxygen atoms in total. The Kier molecular flexibility index (Phi) is 3.28. The normalized spacial score (nSPS) is 21.5. The van der Waals surface area contributed by atoms with Gasteiger partial charge in [-0.05, 0) is 20.0 Å². The second kappa shape index (κ2) is 4.71. The van der Waals surface area contributed by atoms with Crippen LogP contribution in [0.3, 0.4) is 0 Å². The minimum Gasteiger partial charge on any atom is -0.333 e. The lowest BCUT2D eigenvalue weighted by Gasteiger charge is -2.38. The highest BCUT2D eigenvalue weighted by Gasteiger charge is 2.26. The Labute approximate surface area is 100 Å². The highest BCUT2D eigenvalue weighted by Crippen LogP contribution is 2.11. The van der Waals surface area contributed by atoms with Crippen molar-refractivity contribution in [3.63, 3.8) is 0 Å². The number of pyridine rings is 1. The molecule has 1 atom stereocenters. The van der Waals surface area contributed by atoms with Crippen LogP contribution in [0.15, 0.2) is 23.1 Å². The van der Waals surface area contributed by atoms with Gasteiger partial charge in [0.05, 0.1) is 0 Å². The molecule has 2 heterocycles. The molecule has 1 fully saturated rings. The van der Waals surface area contributed by atoms with Crippen LogP contribution < -0.4 is 5.56 Å². The van der Waals surface area contributed by atoms with Gasteiger partial charge in [0.1, 0.15) is 0 Å². The molecule has 1 aromatic rings. The average molecular weight is 235 g/mol. The first-order chi connectivity index (χ1) is 8.08. The van der Waals surface area contributed by atoms with Crippen molar-refractivity contribution >= 4 is 5.91 Å². The summed E-state index contributed by atoms with van der Waals surface area (Å²) in [5.41, 5.74) is 0.225. The van der Waals surface area contributed by atoms with E-state index in [-0.39, 0.29) is 17.5 Å². The maximum atomic E-state index is 12.2. The van der Waals surface area contributed by atoms with Crippen LogP contribution in [0.5, 0.6) is 0 Å². The molecule has 1 amide bonds. The van der Waals surface area contributed by atoms with Gasteiger partial charge in [-0.2, -0.15) is 0 Å². The molecule has 1 aromatic heterocycles. The lowest BCUT2D eigenvalue weighted by molar-refractivity contribution is 0.0533. The molecule has 0 bridgehead atoms. The zero-order chi connectivity index (χ0) is 12.4. The van der Waals surface area contributed by atoms with Crippen LogP contribution in [0.1, 0.15) is 17.3 Å². The number of hydrogen-bond donors (Lipinski definition) is 1. The first-order valence-electron chi connectivity index (χ1n) is 5.76. The van der Waals surface area contributed by atoms with Crippen molar-refractivity contribution in [1.82, 2.24) is 14.8 Å². The Bertz CT molecular complexity index is 469. The van der Waals surface area contributed by atoms with E-state index >= 15 is 0 Å². The number of nitrogens with zero attached hydrogens (tertiary/aromatic N) is 2. The monoisotopic (exact) mass is 235 g/mol. The van der Waals surface area contributed by atoms with E-state index < -0.39 is 0 Å². The van der Waals surface area contributed by atoms with Gasteiger partial charge in [-0.15, -0.1) is 0 Å². The molecule has 1 saturated heterocycles. The fourth-order valence-electron chi connectivity index (χ4n) is 2.18. The predicted octanol–water partition coefficient (Wildman–Crippen LogP) is 0.151.